The van der Waals surface area contributed by atoms with E-state index in [-0.39, 0.29) is 0 Å². The summed E-state index contributed by atoms with van der Waals surface area (Å²) in [5.74, 6) is 0.663. The van der Waals surface area contributed by atoms with Crippen molar-refractivity contribution < 1.29 is 9.30 Å². The van der Waals surface area contributed by atoms with Crippen molar-refractivity contribution in [3.8, 4) is 0 Å². The molecule has 2 atom stereocenters. The molecule has 0 bridgehead atoms. The summed E-state index contributed by atoms with van der Waals surface area (Å²) in [7, 11) is -1.82. The molecule has 0 N–H and O–H groups in total. The van der Waals surface area contributed by atoms with Gasteiger partial charge in [-0.15, -0.1) is 0 Å². The van der Waals surface area contributed by atoms with Crippen molar-refractivity contribution in [1.82, 2.24) is 0 Å². The van der Waals surface area contributed by atoms with Crippen LogP contribution in [0.4, 0.5) is 0 Å². The third-order valence-corrected chi connectivity index (χ3v) is 3.83. The predicted octanol–water partition coefficient (Wildman–Crippen LogP) is 2.42. The van der Waals surface area contributed by atoms with E-state index in [9.17, 15) is 4.57 Å². The maximum absolute atomic E-state index is 11.4. The van der Waals surface area contributed by atoms with Crippen molar-refractivity contribution in [2.45, 2.75) is 25.9 Å². The molecular weight excluding hydrogens is 171 g/mol. The first kappa shape index (κ1) is 10.3. The lowest BCUT2D eigenvalue weighted by Gasteiger charge is -2.15. The zero-order valence-electron chi connectivity index (χ0n) is 8.25. The normalized spacial score (nSPS) is 30.9. The van der Waals surface area contributed by atoms with E-state index in [2.05, 4.69) is 6.92 Å². The first-order valence-electron chi connectivity index (χ1n) is 4.64. The lowest BCUT2D eigenvalue weighted by molar-refractivity contribution is 0.0917. The summed E-state index contributed by atoms with van der Waals surface area (Å²) in [6, 6.07) is 0. The van der Waals surface area contributed by atoms with Crippen LogP contribution in [-0.4, -0.2) is 32.2 Å². The summed E-state index contributed by atoms with van der Waals surface area (Å²) < 4.78 is 17.0. The fraction of sp³-hybridized carbons (Fsp3) is 1.00. The molecule has 0 aromatic rings. The van der Waals surface area contributed by atoms with Gasteiger partial charge in [-0.3, -0.25) is 0 Å². The molecule has 0 spiro atoms. The van der Waals surface area contributed by atoms with Crippen LogP contribution in [0.5, 0.6) is 0 Å². The molecule has 1 fully saturated rings. The molecule has 1 aliphatic rings. The second kappa shape index (κ2) is 3.93. The van der Waals surface area contributed by atoms with E-state index in [0.29, 0.717) is 12.0 Å². The molecule has 1 rings (SSSR count). The maximum Gasteiger partial charge on any atom is 0.0820 e. The van der Waals surface area contributed by atoms with Gasteiger partial charge >= 0.3 is 0 Å². The number of hydrogen-bond donors (Lipinski definition) is 0. The van der Waals surface area contributed by atoms with Gasteiger partial charge in [0.15, 0.2) is 0 Å². The lowest BCUT2D eigenvalue weighted by atomic mass is 10.0. The van der Waals surface area contributed by atoms with E-state index in [0.717, 1.165) is 19.2 Å². The van der Waals surface area contributed by atoms with Gasteiger partial charge in [0.2, 0.25) is 0 Å². The van der Waals surface area contributed by atoms with Gasteiger partial charge in [-0.25, -0.2) is 0 Å². The lowest BCUT2D eigenvalue weighted by Crippen LogP contribution is -2.14. The standard InChI is InChI=1S/C9H19O2P/c1-8-4-6-11-9(8)5-7-12(2,3)10/h8-9H,4-7H2,1-3H3/t8-,9+/m0/s1. The molecule has 1 heterocycles. The molecule has 0 saturated carbocycles. The summed E-state index contributed by atoms with van der Waals surface area (Å²) >= 11 is 0. The van der Waals surface area contributed by atoms with Gasteiger partial charge in [0.25, 0.3) is 0 Å². The topological polar surface area (TPSA) is 26.3 Å². The Morgan fingerprint density at radius 2 is 2.17 bits per heavy atom. The van der Waals surface area contributed by atoms with Crippen molar-refractivity contribution in [3.05, 3.63) is 0 Å². The molecule has 0 aromatic carbocycles. The minimum Gasteiger partial charge on any atom is -0.378 e. The third kappa shape index (κ3) is 3.28. The molecule has 0 amide bonds. The fourth-order valence-corrected chi connectivity index (χ4v) is 2.44. The minimum atomic E-state index is -1.82. The number of rotatable bonds is 3. The molecule has 0 unspecified atom stereocenters. The minimum absolute atomic E-state index is 0.373. The third-order valence-electron chi connectivity index (χ3n) is 2.49. The summed E-state index contributed by atoms with van der Waals surface area (Å²) in [6.45, 7) is 6.82. The van der Waals surface area contributed by atoms with E-state index in [1.165, 1.54) is 6.42 Å². The fourth-order valence-electron chi connectivity index (χ4n) is 1.56. The van der Waals surface area contributed by atoms with Gasteiger partial charge in [-0.05, 0) is 32.1 Å². The molecular formula is C9H19O2P. The molecule has 0 aliphatic carbocycles. The number of ether oxygens (including phenoxy) is 1. The summed E-state index contributed by atoms with van der Waals surface area (Å²) in [5.41, 5.74) is 0. The van der Waals surface area contributed by atoms with Crippen LogP contribution in [0.1, 0.15) is 19.8 Å². The van der Waals surface area contributed by atoms with E-state index in [4.69, 9.17) is 4.74 Å². The highest BCUT2D eigenvalue weighted by molar-refractivity contribution is 7.62. The Balaban J connectivity index is 2.27. The summed E-state index contributed by atoms with van der Waals surface area (Å²) in [4.78, 5) is 0. The smallest absolute Gasteiger partial charge is 0.0820 e. The quantitative estimate of drug-likeness (QED) is 0.639. The molecule has 12 heavy (non-hydrogen) atoms. The van der Waals surface area contributed by atoms with Gasteiger partial charge in [-0.2, -0.15) is 0 Å². The van der Waals surface area contributed by atoms with Crippen LogP contribution in [0.3, 0.4) is 0 Å². The van der Waals surface area contributed by atoms with Crippen LogP contribution in [0.25, 0.3) is 0 Å². The van der Waals surface area contributed by atoms with E-state index in [1.54, 1.807) is 0 Å². The molecule has 72 valence electrons. The second-order valence-corrected chi connectivity index (χ2v) is 7.86. The van der Waals surface area contributed by atoms with Crippen LogP contribution in [0.2, 0.25) is 0 Å². The zero-order valence-corrected chi connectivity index (χ0v) is 9.14. The molecule has 0 radical (unpaired) electrons. The van der Waals surface area contributed by atoms with E-state index >= 15 is 0 Å². The Morgan fingerprint density at radius 3 is 2.58 bits per heavy atom. The van der Waals surface area contributed by atoms with Crippen molar-refractivity contribution in [2.24, 2.45) is 5.92 Å². The van der Waals surface area contributed by atoms with Crippen molar-refractivity contribution in [1.29, 1.82) is 0 Å². The summed E-state index contributed by atoms with van der Waals surface area (Å²) in [6.07, 6.45) is 3.36. The molecule has 3 heteroatoms. The molecule has 0 aromatic heterocycles. The van der Waals surface area contributed by atoms with Gasteiger partial charge in [0.05, 0.1) is 13.2 Å². The Morgan fingerprint density at radius 1 is 1.50 bits per heavy atom. The first-order valence-corrected chi connectivity index (χ1v) is 7.43. The van der Waals surface area contributed by atoms with Gasteiger partial charge in [-0.1, -0.05) is 6.92 Å². The van der Waals surface area contributed by atoms with Crippen molar-refractivity contribution in [3.63, 3.8) is 0 Å². The average molecular weight is 190 g/mol. The van der Waals surface area contributed by atoms with Crippen LogP contribution >= 0.6 is 7.14 Å². The van der Waals surface area contributed by atoms with Crippen LogP contribution in [-0.2, 0) is 9.30 Å². The molecule has 2 nitrogen and oxygen atoms in total. The van der Waals surface area contributed by atoms with Crippen molar-refractivity contribution in [2.75, 3.05) is 26.1 Å². The first-order chi connectivity index (χ1) is 5.49. The number of hydrogen-bond acceptors (Lipinski definition) is 2. The van der Waals surface area contributed by atoms with Gasteiger partial charge in [0, 0.05) is 12.8 Å². The largest absolute Gasteiger partial charge is 0.378 e. The van der Waals surface area contributed by atoms with Crippen LogP contribution in [0.15, 0.2) is 0 Å². The molecule has 1 saturated heterocycles. The average Bonchev–Trinajstić information content (AvgIpc) is 2.29. The summed E-state index contributed by atoms with van der Waals surface area (Å²) in [5, 5.41) is 0. The Labute approximate surface area is 75.1 Å². The van der Waals surface area contributed by atoms with Crippen LogP contribution in [0, 0.1) is 5.92 Å². The zero-order chi connectivity index (χ0) is 9.19. The highest BCUT2D eigenvalue weighted by atomic mass is 31.2. The molecule has 1 aliphatic heterocycles. The highest BCUT2D eigenvalue weighted by Gasteiger charge is 2.25. The monoisotopic (exact) mass is 190 g/mol. The van der Waals surface area contributed by atoms with E-state index < -0.39 is 7.14 Å². The van der Waals surface area contributed by atoms with Crippen molar-refractivity contribution >= 4 is 7.14 Å². The Bertz CT molecular complexity index is 185. The highest BCUT2D eigenvalue weighted by Crippen LogP contribution is 2.38. The maximum atomic E-state index is 11.4. The van der Waals surface area contributed by atoms with E-state index in [1.807, 2.05) is 13.3 Å². The Hall–Kier alpha value is 0.190. The van der Waals surface area contributed by atoms with Gasteiger partial charge in [0.1, 0.15) is 0 Å². The Kier molecular flexibility index (Phi) is 3.37. The van der Waals surface area contributed by atoms with Crippen LogP contribution < -0.4 is 0 Å². The van der Waals surface area contributed by atoms with Gasteiger partial charge < -0.3 is 9.30 Å². The SMILES string of the molecule is C[C@H]1CCO[C@@H]1CCP(C)(C)=O. The second-order valence-electron chi connectivity index (χ2n) is 4.26. The predicted molar refractivity (Wildman–Crippen MR) is 52.5 cm³/mol.